The summed E-state index contributed by atoms with van der Waals surface area (Å²) < 4.78 is 0. The van der Waals surface area contributed by atoms with Gasteiger partial charge >= 0.3 is 0 Å². The van der Waals surface area contributed by atoms with Crippen molar-refractivity contribution in [3.63, 3.8) is 0 Å². The van der Waals surface area contributed by atoms with Crippen LogP contribution in [0, 0.1) is 13.8 Å². The third-order valence-corrected chi connectivity index (χ3v) is 2.99. The summed E-state index contributed by atoms with van der Waals surface area (Å²) in [5.41, 5.74) is 3.90. The number of hydrogen-bond acceptors (Lipinski definition) is 1. The average molecular weight is 263 g/mol. The first kappa shape index (κ1) is 12.7. The minimum Gasteiger partial charge on any atom is -0.362 e. The summed E-state index contributed by atoms with van der Waals surface area (Å²) in [6.45, 7) is 3.95. The normalized spacial score (nSPS) is 10.4. The standard InChI is InChI=1S/C14H15ClN2O/c1-9-7-11(10(2)16-9)8-14(18)17-13-5-3-12(15)4-6-13/h3-7,16H,8H2,1-2H3,(H,17,18). The Bertz CT molecular complexity index is 558. The Morgan fingerprint density at radius 3 is 2.50 bits per heavy atom. The molecule has 0 spiro atoms. The quantitative estimate of drug-likeness (QED) is 0.874. The number of carbonyl (C=O) groups excluding carboxylic acids is 1. The van der Waals surface area contributed by atoms with Gasteiger partial charge in [0.05, 0.1) is 6.42 Å². The van der Waals surface area contributed by atoms with Crippen LogP contribution >= 0.6 is 11.6 Å². The average Bonchev–Trinajstić information content (AvgIpc) is 2.61. The molecular formula is C14H15ClN2O. The Hall–Kier alpha value is -1.74. The molecule has 4 heteroatoms. The summed E-state index contributed by atoms with van der Waals surface area (Å²) >= 11 is 5.78. The number of carbonyl (C=O) groups is 1. The first-order valence-electron chi connectivity index (χ1n) is 5.75. The highest BCUT2D eigenvalue weighted by Gasteiger charge is 2.08. The minimum absolute atomic E-state index is 0.0283. The maximum Gasteiger partial charge on any atom is 0.228 e. The van der Waals surface area contributed by atoms with Crippen LogP contribution in [0.25, 0.3) is 0 Å². The highest BCUT2D eigenvalue weighted by atomic mass is 35.5. The van der Waals surface area contributed by atoms with E-state index in [2.05, 4.69) is 10.3 Å². The van der Waals surface area contributed by atoms with E-state index in [1.807, 2.05) is 19.9 Å². The number of nitrogens with one attached hydrogen (secondary N) is 2. The van der Waals surface area contributed by atoms with Crippen LogP contribution < -0.4 is 5.32 Å². The lowest BCUT2D eigenvalue weighted by Gasteiger charge is -2.05. The number of aryl methyl sites for hydroxylation is 2. The van der Waals surface area contributed by atoms with Crippen molar-refractivity contribution >= 4 is 23.2 Å². The number of H-pyrrole nitrogens is 1. The summed E-state index contributed by atoms with van der Waals surface area (Å²) in [6, 6.07) is 9.08. The maximum atomic E-state index is 11.9. The number of aromatic amines is 1. The second kappa shape index (κ2) is 5.27. The molecule has 2 rings (SSSR count). The number of halogens is 1. The smallest absolute Gasteiger partial charge is 0.228 e. The van der Waals surface area contributed by atoms with Gasteiger partial charge in [0, 0.05) is 22.1 Å². The van der Waals surface area contributed by atoms with Crippen molar-refractivity contribution in [1.82, 2.24) is 4.98 Å². The maximum absolute atomic E-state index is 11.9. The molecule has 1 amide bonds. The molecule has 0 saturated heterocycles. The lowest BCUT2D eigenvalue weighted by Crippen LogP contribution is -2.14. The summed E-state index contributed by atoms with van der Waals surface area (Å²) in [4.78, 5) is 15.1. The topological polar surface area (TPSA) is 44.9 Å². The zero-order chi connectivity index (χ0) is 13.1. The van der Waals surface area contributed by atoms with Gasteiger partial charge in [0.25, 0.3) is 0 Å². The number of hydrogen-bond donors (Lipinski definition) is 2. The van der Waals surface area contributed by atoms with Crippen LogP contribution in [0.3, 0.4) is 0 Å². The molecule has 0 unspecified atom stereocenters. The lowest BCUT2D eigenvalue weighted by molar-refractivity contribution is -0.115. The zero-order valence-corrected chi connectivity index (χ0v) is 11.1. The van der Waals surface area contributed by atoms with E-state index in [0.717, 1.165) is 22.6 Å². The number of benzene rings is 1. The van der Waals surface area contributed by atoms with Crippen LogP contribution in [0.4, 0.5) is 5.69 Å². The van der Waals surface area contributed by atoms with Crippen LogP contribution in [0.15, 0.2) is 30.3 Å². The van der Waals surface area contributed by atoms with Gasteiger partial charge in [-0.2, -0.15) is 0 Å². The third-order valence-electron chi connectivity index (χ3n) is 2.74. The molecule has 3 nitrogen and oxygen atoms in total. The SMILES string of the molecule is Cc1cc(CC(=O)Nc2ccc(Cl)cc2)c(C)[nH]1. The largest absolute Gasteiger partial charge is 0.362 e. The predicted molar refractivity (Wildman–Crippen MR) is 74.1 cm³/mol. The molecular weight excluding hydrogens is 248 g/mol. The Kier molecular flexibility index (Phi) is 3.72. The summed E-state index contributed by atoms with van der Waals surface area (Å²) in [6.07, 6.45) is 0.374. The zero-order valence-electron chi connectivity index (χ0n) is 10.4. The van der Waals surface area contributed by atoms with E-state index in [9.17, 15) is 4.79 Å². The molecule has 0 radical (unpaired) electrons. The van der Waals surface area contributed by atoms with Crippen molar-refractivity contribution in [3.05, 3.63) is 52.3 Å². The third kappa shape index (κ3) is 3.14. The van der Waals surface area contributed by atoms with E-state index in [-0.39, 0.29) is 5.91 Å². The lowest BCUT2D eigenvalue weighted by atomic mass is 10.1. The number of aromatic nitrogens is 1. The van der Waals surface area contributed by atoms with Gasteiger partial charge in [0.15, 0.2) is 0 Å². The molecule has 0 fully saturated rings. The van der Waals surface area contributed by atoms with Gasteiger partial charge in [-0.3, -0.25) is 4.79 Å². The Balaban J connectivity index is 2.01. The van der Waals surface area contributed by atoms with Gasteiger partial charge in [-0.1, -0.05) is 11.6 Å². The summed E-state index contributed by atoms with van der Waals surface area (Å²) in [7, 11) is 0. The van der Waals surface area contributed by atoms with Crippen molar-refractivity contribution in [1.29, 1.82) is 0 Å². The fraction of sp³-hybridized carbons (Fsp3) is 0.214. The summed E-state index contributed by atoms with van der Waals surface area (Å²) in [5.74, 6) is -0.0283. The van der Waals surface area contributed by atoms with Crippen LogP contribution in [-0.4, -0.2) is 10.9 Å². The Morgan fingerprint density at radius 2 is 1.94 bits per heavy atom. The monoisotopic (exact) mass is 262 g/mol. The van der Waals surface area contributed by atoms with Crippen molar-refractivity contribution < 1.29 is 4.79 Å². The van der Waals surface area contributed by atoms with Gasteiger partial charge in [0.2, 0.25) is 5.91 Å². The molecule has 0 aliphatic heterocycles. The van der Waals surface area contributed by atoms with Gasteiger partial charge in [-0.25, -0.2) is 0 Å². The molecule has 18 heavy (non-hydrogen) atoms. The van der Waals surface area contributed by atoms with Crippen LogP contribution in [-0.2, 0) is 11.2 Å². The molecule has 2 N–H and O–H groups in total. The first-order valence-corrected chi connectivity index (χ1v) is 6.13. The molecule has 1 heterocycles. The highest BCUT2D eigenvalue weighted by molar-refractivity contribution is 6.30. The summed E-state index contributed by atoms with van der Waals surface area (Å²) in [5, 5.41) is 3.50. The predicted octanol–water partition coefficient (Wildman–Crippen LogP) is 3.47. The first-order chi connectivity index (χ1) is 8.54. The van der Waals surface area contributed by atoms with Crippen LogP contribution in [0.2, 0.25) is 5.02 Å². The molecule has 0 saturated carbocycles. The van der Waals surface area contributed by atoms with E-state index < -0.39 is 0 Å². The van der Waals surface area contributed by atoms with Crippen LogP contribution in [0.1, 0.15) is 17.0 Å². The van der Waals surface area contributed by atoms with Crippen molar-refractivity contribution in [2.24, 2.45) is 0 Å². The molecule has 94 valence electrons. The molecule has 0 aliphatic rings. The fourth-order valence-corrected chi connectivity index (χ4v) is 2.00. The molecule has 0 aliphatic carbocycles. The number of amides is 1. The van der Waals surface area contributed by atoms with E-state index in [1.54, 1.807) is 24.3 Å². The minimum atomic E-state index is -0.0283. The van der Waals surface area contributed by atoms with E-state index in [0.29, 0.717) is 11.4 Å². The van der Waals surface area contributed by atoms with Crippen molar-refractivity contribution in [3.8, 4) is 0 Å². The highest BCUT2D eigenvalue weighted by Crippen LogP contribution is 2.15. The van der Waals surface area contributed by atoms with Crippen LogP contribution in [0.5, 0.6) is 0 Å². The Labute approximate surface area is 111 Å². The van der Waals surface area contributed by atoms with Gasteiger partial charge in [-0.05, 0) is 49.7 Å². The second-order valence-corrected chi connectivity index (χ2v) is 4.77. The molecule has 0 bridgehead atoms. The Morgan fingerprint density at radius 1 is 1.28 bits per heavy atom. The molecule has 1 aromatic carbocycles. The second-order valence-electron chi connectivity index (χ2n) is 4.33. The van der Waals surface area contributed by atoms with E-state index in [4.69, 9.17) is 11.6 Å². The number of anilines is 1. The van der Waals surface area contributed by atoms with Crippen molar-refractivity contribution in [2.75, 3.05) is 5.32 Å². The van der Waals surface area contributed by atoms with Crippen molar-refractivity contribution in [2.45, 2.75) is 20.3 Å². The van der Waals surface area contributed by atoms with Gasteiger partial charge < -0.3 is 10.3 Å². The van der Waals surface area contributed by atoms with Gasteiger partial charge in [-0.15, -0.1) is 0 Å². The fourth-order valence-electron chi connectivity index (χ4n) is 1.88. The molecule has 0 atom stereocenters. The van der Waals surface area contributed by atoms with E-state index >= 15 is 0 Å². The van der Waals surface area contributed by atoms with Gasteiger partial charge in [0.1, 0.15) is 0 Å². The molecule has 1 aromatic heterocycles. The number of rotatable bonds is 3. The van der Waals surface area contributed by atoms with E-state index in [1.165, 1.54) is 0 Å². The molecule has 2 aromatic rings.